The molecule has 0 unspecified atom stereocenters. The van der Waals surface area contributed by atoms with E-state index in [-0.39, 0.29) is 11.8 Å². The van der Waals surface area contributed by atoms with Crippen molar-refractivity contribution in [3.8, 4) is 0 Å². The number of hydrogen-bond donors (Lipinski definition) is 1. The minimum absolute atomic E-state index is 0.0353. The highest BCUT2D eigenvalue weighted by Gasteiger charge is 2.24. The predicted octanol–water partition coefficient (Wildman–Crippen LogP) is 0.839. The molecule has 0 saturated carbocycles. The van der Waals surface area contributed by atoms with E-state index >= 15 is 0 Å². The Kier molecular flexibility index (Phi) is 4.43. The summed E-state index contributed by atoms with van der Waals surface area (Å²) in [4.78, 5) is 29.4. The molecule has 1 fully saturated rings. The molecule has 3 rings (SSSR count). The van der Waals surface area contributed by atoms with Crippen LogP contribution in [0.4, 0.5) is 0 Å². The van der Waals surface area contributed by atoms with Crippen LogP contribution in [0.1, 0.15) is 21.9 Å². The Morgan fingerprint density at radius 1 is 1.50 bits per heavy atom. The summed E-state index contributed by atoms with van der Waals surface area (Å²) in [5.41, 5.74) is 2.44. The fraction of sp³-hybridized carbons (Fsp3) is 0.467. The van der Waals surface area contributed by atoms with Gasteiger partial charge in [0.25, 0.3) is 5.91 Å². The molecule has 1 amide bonds. The maximum atomic E-state index is 12.4. The number of nitrogens with zero attached hydrogens (tertiary/aromatic N) is 4. The Morgan fingerprint density at radius 3 is 3.18 bits per heavy atom. The summed E-state index contributed by atoms with van der Waals surface area (Å²) >= 11 is 0. The molecule has 1 atom stereocenters. The Morgan fingerprint density at radius 2 is 2.41 bits per heavy atom. The number of H-pyrrole nitrogens is 1. The number of hydrogen-bond acceptors (Lipinski definition) is 5. The topological polar surface area (TPSA) is 84.0 Å². The molecule has 3 heterocycles. The normalized spacial score (nSPS) is 19.0. The molecule has 0 bridgehead atoms. The van der Waals surface area contributed by atoms with E-state index in [1.54, 1.807) is 12.5 Å². The van der Waals surface area contributed by atoms with Crippen LogP contribution in [0.15, 0.2) is 24.9 Å². The first-order valence-electron chi connectivity index (χ1n) is 7.35. The molecular formula is C15H19N5O2. The predicted molar refractivity (Wildman–Crippen MR) is 79.3 cm³/mol. The van der Waals surface area contributed by atoms with Crippen LogP contribution in [-0.2, 0) is 11.2 Å². The van der Waals surface area contributed by atoms with Gasteiger partial charge in [0.1, 0.15) is 12.0 Å². The maximum Gasteiger partial charge on any atom is 0.272 e. The number of imidazole rings is 1. The van der Waals surface area contributed by atoms with Crippen LogP contribution in [0.3, 0.4) is 0 Å². The quantitative estimate of drug-likeness (QED) is 0.908. The van der Waals surface area contributed by atoms with Crippen molar-refractivity contribution in [3.63, 3.8) is 0 Å². The first-order chi connectivity index (χ1) is 10.7. The first-order valence-corrected chi connectivity index (χ1v) is 7.35. The lowest BCUT2D eigenvalue weighted by molar-refractivity contribution is 0.0732. The number of amides is 1. The number of ether oxygens (including phenoxy) is 1. The van der Waals surface area contributed by atoms with E-state index in [0.29, 0.717) is 32.0 Å². The third kappa shape index (κ3) is 3.48. The summed E-state index contributed by atoms with van der Waals surface area (Å²) in [5, 5.41) is 0. The van der Waals surface area contributed by atoms with Crippen LogP contribution in [0.5, 0.6) is 0 Å². The minimum atomic E-state index is -0.0353. The molecule has 7 heteroatoms. The van der Waals surface area contributed by atoms with Gasteiger partial charge in [-0.25, -0.2) is 15.0 Å². The van der Waals surface area contributed by atoms with E-state index in [2.05, 4.69) is 19.9 Å². The van der Waals surface area contributed by atoms with Crippen molar-refractivity contribution in [1.82, 2.24) is 24.8 Å². The Hall–Kier alpha value is -2.28. The van der Waals surface area contributed by atoms with Crippen molar-refractivity contribution in [2.24, 2.45) is 5.92 Å². The molecule has 0 radical (unpaired) electrons. The summed E-state index contributed by atoms with van der Waals surface area (Å²) in [7, 11) is 0. The second-order valence-corrected chi connectivity index (χ2v) is 5.51. The van der Waals surface area contributed by atoms with Gasteiger partial charge in [-0.1, -0.05) is 0 Å². The van der Waals surface area contributed by atoms with Crippen LogP contribution in [0, 0.1) is 12.8 Å². The standard InChI is InChI=1S/C15H19N5O2/c1-11-4-13(18-10-17-11)5-12-7-20(2-3-22-8-12)15(21)14-6-16-9-19-14/h4,6,9-10,12H,2-3,5,7-8H2,1H3,(H,16,19)/t12-/m1/s1. The fourth-order valence-corrected chi connectivity index (χ4v) is 2.65. The molecule has 1 aliphatic heterocycles. The number of aromatic nitrogens is 4. The molecule has 1 N–H and O–H groups in total. The first kappa shape index (κ1) is 14.6. The zero-order valence-corrected chi connectivity index (χ0v) is 12.5. The summed E-state index contributed by atoms with van der Waals surface area (Å²) in [6.07, 6.45) is 5.42. The Labute approximate surface area is 128 Å². The van der Waals surface area contributed by atoms with E-state index < -0.39 is 0 Å². The van der Waals surface area contributed by atoms with Gasteiger partial charge in [0.2, 0.25) is 0 Å². The van der Waals surface area contributed by atoms with Gasteiger partial charge in [-0.2, -0.15) is 0 Å². The van der Waals surface area contributed by atoms with Gasteiger partial charge in [0.05, 0.1) is 25.7 Å². The molecule has 1 aliphatic rings. The number of rotatable bonds is 3. The Bertz CT molecular complexity index is 629. The number of carbonyl (C=O) groups is 1. The van der Waals surface area contributed by atoms with Crippen LogP contribution < -0.4 is 0 Å². The summed E-state index contributed by atoms with van der Waals surface area (Å²) in [5.74, 6) is 0.190. The van der Waals surface area contributed by atoms with Crippen molar-refractivity contribution in [1.29, 1.82) is 0 Å². The number of aromatic amines is 1. The van der Waals surface area contributed by atoms with Gasteiger partial charge in [0, 0.05) is 30.4 Å². The van der Waals surface area contributed by atoms with Crippen LogP contribution in [0.25, 0.3) is 0 Å². The minimum Gasteiger partial charge on any atom is -0.379 e. The molecule has 2 aromatic heterocycles. The number of nitrogens with one attached hydrogen (secondary N) is 1. The van der Waals surface area contributed by atoms with Crippen LogP contribution in [0.2, 0.25) is 0 Å². The van der Waals surface area contributed by atoms with Crippen LogP contribution in [-0.4, -0.2) is 57.0 Å². The average molecular weight is 301 g/mol. The third-order valence-corrected chi connectivity index (χ3v) is 3.71. The molecule has 22 heavy (non-hydrogen) atoms. The van der Waals surface area contributed by atoms with Gasteiger partial charge in [-0.3, -0.25) is 4.79 Å². The zero-order valence-electron chi connectivity index (χ0n) is 12.5. The fourth-order valence-electron chi connectivity index (χ4n) is 2.65. The van der Waals surface area contributed by atoms with E-state index in [1.807, 2.05) is 17.9 Å². The van der Waals surface area contributed by atoms with Gasteiger partial charge in [-0.15, -0.1) is 0 Å². The van der Waals surface area contributed by atoms with Crippen molar-refractivity contribution in [3.05, 3.63) is 42.0 Å². The highest BCUT2D eigenvalue weighted by molar-refractivity contribution is 5.92. The van der Waals surface area contributed by atoms with Crippen molar-refractivity contribution in [2.75, 3.05) is 26.3 Å². The summed E-state index contributed by atoms with van der Waals surface area (Å²) < 4.78 is 5.64. The monoisotopic (exact) mass is 301 g/mol. The smallest absolute Gasteiger partial charge is 0.272 e. The number of aryl methyl sites for hydroxylation is 1. The van der Waals surface area contributed by atoms with Crippen LogP contribution >= 0.6 is 0 Å². The van der Waals surface area contributed by atoms with Crippen molar-refractivity contribution in [2.45, 2.75) is 13.3 Å². The average Bonchev–Trinajstić information content (AvgIpc) is 2.94. The maximum absolute atomic E-state index is 12.4. The van der Waals surface area contributed by atoms with E-state index in [4.69, 9.17) is 4.74 Å². The lowest BCUT2D eigenvalue weighted by atomic mass is 10.0. The highest BCUT2D eigenvalue weighted by Crippen LogP contribution is 2.14. The van der Waals surface area contributed by atoms with E-state index in [9.17, 15) is 4.79 Å². The van der Waals surface area contributed by atoms with Crippen molar-refractivity contribution >= 4 is 5.91 Å². The van der Waals surface area contributed by atoms with Gasteiger partial charge in [0.15, 0.2) is 0 Å². The lowest BCUT2D eigenvalue weighted by Crippen LogP contribution is -2.36. The number of carbonyl (C=O) groups excluding carboxylic acids is 1. The van der Waals surface area contributed by atoms with Gasteiger partial charge in [-0.05, 0) is 19.4 Å². The molecule has 1 saturated heterocycles. The van der Waals surface area contributed by atoms with E-state index in [1.165, 1.54) is 6.33 Å². The summed E-state index contributed by atoms with van der Waals surface area (Å²) in [6, 6.07) is 1.98. The third-order valence-electron chi connectivity index (χ3n) is 3.71. The molecule has 7 nitrogen and oxygen atoms in total. The zero-order chi connectivity index (χ0) is 15.4. The molecule has 0 spiro atoms. The molecular weight excluding hydrogens is 282 g/mol. The second kappa shape index (κ2) is 6.65. The molecule has 0 aromatic carbocycles. The highest BCUT2D eigenvalue weighted by atomic mass is 16.5. The summed E-state index contributed by atoms with van der Waals surface area (Å²) in [6.45, 7) is 4.38. The lowest BCUT2D eigenvalue weighted by Gasteiger charge is -2.22. The largest absolute Gasteiger partial charge is 0.379 e. The SMILES string of the molecule is Cc1cc(C[C@H]2COCCN(C(=O)c3cnc[nH]3)C2)ncn1. The van der Waals surface area contributed by atoms with Gasteiger partial charge < -0.3 is 14.6 Å². The second-order valence-electron chi connectivity index (χ2n) is 5.51. The van der Waals surface area contributed by atoms with Crippen molar-refractivity contribution < 1.29 is 9.53 Å². The molecule has 2 aromatic rings. The Balaban J connectivity index is 1.68. The van der Waals surface area contributed by atoms with E-state index in [0.717, 1.165) is 17.8 Å². The van der Waals surface area contributed by atoms with Gasteiger partial charge >= 0.3 is 0 Å². The molecule has 116 valence electrons. The molecule has 0 aliphatic carbocycles.